The van der Waals surface area contributed by atoms with Crippen LogP contribution in [0.1, 0.15) is 0 Å². The van der Waals surface area contributed by atoms with Gasteiger partial charge in [0.25, 0.3) is 17.1 Å². The quantitative estimate of drug-likeness (QED) is 0.0676. The predicted molar refractivity (Wildman–Crippen MR) is 192 cm³/mol. The molecule has 0 heterocycles. The maximum Gasteiger partial charge on any atom is 3.00 e. The van der Waals surface area contributed by atoms with E-state index in [0.29, 0.717) is 33.7 Å². The second kappa shape index (κ2) is 16.6. The third kappa shape index (κ3) is 8.44. The van der Waals surface area contributed by atoms with Crippen LogP contribution in [0.5, 0.6) is 23.0 Å². The van der Waals surface area contributed by atoms with E-state index in [1.165, 1.54) is 12.1 Å². The molecule has 0 saturated carbocycles. The molecule has 289 valence electrons. The van der Waals surface area contributed by atoms with Crippen LogP contribution in [0.3, 0.4) is 0 Å². The zero-order valence-corrected chi connectivity index (χ0v) is 30.7. The molecule has 7 aromatic carbocycles. The Bertz CT molecular complexity index is 3000. The molecule has 0 amide bonds. The molecule has 7 aromatic rings. The summed E-state index contributed by atoms with van der Waals surface area (Å²) in [4.78, 5) is 29.3. The minimum Gasteiger partial charge on any atom is -0.871 e. The summed E-state index contributed by atoms with van der Waals surface area (Å²) in [5.41, 5.74) is -3.21. The number of nitro benzene ring substituents is 3. The third-order valence-electron chi connectivity index (χ3n) is 8.18. The standard InChI is InChI=1S/C20H13N3O7S.C16H10N4O6.Cr/c24-16-8-5-11-3-1-2-4-13(11)19(16)21-22-20-14-7-6-12(23(26)27)9-15(14)18(10-17(20)25)31(28,29)30;21-14-6-5-9-3-1-2-4-11(9)15(14)18-17-12-7-10(19(23)24)8-13(16(12)22)20(25)26;/h1-10,24-25H,(H,28,29,30);1-8,21-22H;/q;;+3/p-5. The Labute approximate surface area is 334 Å². The largest absolute Gasteiger partial charge is 3.00 e. The van der Waals surface area contributed by atoms with Gasteiger partial charge in [-0.25, -0.2) is 8.42 Å². The Morgan fingerprint density at radius 1 is 0.483 bits per heavy atom. The fourth-order valence-corrected chi connectivity index (χ4v) is 6.23. The van der Waals surface area contributed by atoms with Crippen molar-refractivity contribution in [2.24, 2.45) is 20.5 Å². The van der Waals surface area contributed by atoms with Gasteiger partial charge < -0.3 is 25.0 Å². The van der Waals surface area contributed by atoms with Crippen molar-refractivity contribution in [2.75, 3.05) is 0 Å². The molecule has 22 heteroatoms. The van der Waals surface area contributed by atoms with Gasteiger partial charge in [-0.1, -0.05) is 90.0 Å². The van der Waals surface area contributed by atoms with Crippen LogP contribution >= 0.6 is 0 Å². The summed E-state index contributed by atoms with van der Waals surface area (Å²) in [5, 5.41) is 98.8. The van der Waals surface area contributed by atoms with Crippen molar-refractivity contribution >= 4 is 82.2 Å². The molecule has 0 bridgehead atoms. The van der Waals surface area contributed by atoms with Gasteiger partial charge in [0.15, 0.2) is 0 Å². The molecule has 7 rings (SSSR count). The predicted octanol–water partition coefficient (Wildman–Crippen LogP) is 6.58. The third-order valence-corrected chi connectivity index (χ3v) is 9.05. The molecule has 0 aliphatic heterocycles. The number of non-ortho nitro benzene ring substituents is 2. The van der Waals surface area contributed by atoms with Crippen molar-refractivity contribution in [2.45, 2.75) is 4.90 Å². The van der Waals surface area contributed by atoms with Gasteiger partial charge in [0.05, 0.1) is 48.5 Å². The smallest absolute Gasteiger partial charge is 0.871 e. The second-order valence-corrected chi connectivity index (χ2v) is 13.0. The van der Waals surface area contributed by atoms with Crippen molar-refractivity contribution in [3.63, 3.8) is 0 Å². The Balaban J connectivity index is 0.000000221. The Morgan fingerprint density at radius 2 is 0.983 bits per heavy atom. The molecule has 0 aromatic heterocycles. The number of hydrogen-bond donors (Lipinski definition) is 0. The first-order chi connectivity index (χ1) is 27.0. The molecular weight excluding hydrogens is 822 g/mol. The Morgan fingerprint density at radius 3 is 1.48 bits per heavy atom. The Kier molecular flexibility index (Phi) is 11.9. The van der Waals surface area contributed by atoms with E-state index in [1.807, 2.05) is 0 Å². The van der Waals surface area contributed by atoms with Crippen molar-refractivity contribution in [1.82, 2.24) is 0 Å². The van der Waals surface area contributed by atoms with E-state index in [0.717, 1.165) is 24.3 Å². The number of nitrogens with zero attached hydrogens (tertiary/aromatic N) is 7. The first kappa shape index (κ1) is 41.5. The fourth-order valence-electron chi connectivity index (χ4n) is 5.54. The first-order valence-electron chi connectivity index (χ1n) is 15.8. The summed E-state index contributed by atoms with van der Waals surface area (Å²) in [6.45, 7) is 0. The fraction of sp³-hybridized carbons (Fsp3) is 0. The van der Waals surface area contributed by atoms with E-state index in [2.05, 4.69) is 20.5 Å². The van der Waals surface area contributed by atoms with Gasteiger partial charge in [0.2, 0.25) is 0 Å². The van der Waals surface area contributed by atoms with E-state index in [9.17, 15) is 63.7 Å². The molecule has 0 atom stereocenters. The van der Waals surface area contributed by atoms with Crippen molar-refractivity contribution in [3.8, 4) is 23.0 Å². The van der Waals surface area contributed by atoms with Gasteiger partial charge in [-0.05, 0) is 22.9 Å². The maximum absolute atomic E-state index is 12.5. The molecular formula is C36H18CrN7O13S-2. The summed E-state index contributed by atoms with van der Waals surface area (Å²) in [5.74, 6) is -2.99. The molecule has 20 nitrogen and oxygen atoms in total. The van der Waals surface area contributed by atoms with Gasteiger partial charge in [-0.3, -0.25) is 30.3 Å². The van der Waals surface area contributed by atoms with Gasteiger partial charge in [0.1, 0.15) is 10.1 Å². The van der Waals surface area contributed by atoms with Crippen molar-refractivity contribution < 1.29 is 65.5 Å². The molecule has 0 aliphatic rings. The summed E-state index contributed by atoms with van der Waals surface area (Å²) in [7, 11) is -5.11. The van der Waals surface area contributed by atoms with Crippen LogP contribution in [0.4, 0.5) is 39.8 Å². The van der Waals surface area contributed by atoms with Gasteiger partial charge in [0, 0.05) is 45.5 Å². The van der Waals surface area contributed by atoms with Gasteiger partial charge in [-0.15, -0.1) is 0 Å². The molecule has 0 fully saturated rings. The second-order valence-electron chi connectivity index (χ2n) is 11.7. The van der Waals surface area contributed by atoms with Crippen molar-refractivity contribution in [3.05, 3.63) is 140 Å². The maximum atomic E-state index is 12.5. The van der Waals surface area contributed by atoms with E-state index < -0.39 is 75.5 Å². The summed E-state index contributed by atoms with van der Waals surface area (Å²) >= 11 is 0. The van der Waals surface area contributed by atoms with Crippen LogP contribution in [-0.2, 0) is 27.5 Å². The molecule has 0 spiro atoms. The van der Waals surface area contributed by atoms with E-state index in [-0.39, 0.29) is 45.2 Å². The van der Waals surface area contributed by atoms with Crippen LogP contribution in [0.25, 0.3) is 32.3 Å². The van der Waals surface area contributed by atoms with E-state index in [1.54, 1.807) is 60.7 Å². The average molecular weight is 841 g/mol. The zero-order chi connectivity index (χ0) is 41.2. The number of benzene rings is 7. The number of azo groups is 2. The van der Waals surface area contributed by atoms with Crippen molar-refractivity contribution in [1.29, 1.82) is 0 Å². The van der Waals surface area contributed by atoms with E-state index >= 15 is 0 Å². The topological polar surface area (TPSA) is 328 Å². The minimum atomic E-state index is -5.11. The van der Waals surface area contributed by atoms with Gasteiger partial charge >= 0.3 is 17.4 Å². The molecule has 0 saturated heterocycles. The minimum absolute atomic E-state index is 0. The summed E-state index contributed by atoms with van der Waals surface area (Å²) in [6, 6.07) is 24.3. The number of hydrogen-bond acceptors (Lipinski definition) is 17. The van der Waals surface area contributed by atoms with Crippen LogP contribution in [0.15, 0.2) is 135 Å². The molecule has 0 N–H and O–H groups in total. The van der Waals surface area contributed by atoms with E-state index in [4.69, 9.17) is 0 Å². The molecule has 0 unspecified atom stereocenters. The first-order valence-corrected chi connectivity index (χ1v) is 17.2. The molecule has 0 aliphatic carbocycles. The van der Waals surface area contributed by atoms with Gasteiger partial charge in [-0.2, -0.15) is 20.5 Å². The van der Waals surface area contributed by atoms with Crippen LogP contribution in [0, 0.1) is 30.3 Å². The number of fused-ring (bicyclic) bond motifs is 3. The SMILES string of the molecule is O=[N+]([O-])c1cc(N=Nc2c([O-])ccc3ccccc23)c([O-])c([N+](=O)[O-])c1.O=[N+]([O-])c1ccc2c(N=Nc3c([O-])ccc4ccccc34)c([O-])cc(S(=O)(=O)[O-])c2c1.[Cr+3]. The van der Waals surface area contributed by atoms with Crippen LogP contribution < -0.4 is 20.4 Å². The Hall–Kier alpha value is -7.64. The summed E-state index contributed by atoms with van der Waals surface area (Å²) < 4.78 is 34.8. The zero-order valence-electron chi connectivity index (χ0n) is 28.6. The monoisotopic (exact) mass is 840 g/mol. The molecule has 58 heavy (non-hydrogen) atoms. The normalized spacial score (nSPS) is 11.4. The summed E-state index contributed by atoms with van der Waals surface area (Å²) in [6.07, 6.45) is 0. The van der Waals surface area contributed by atoms with Crippen LogP contribution in [-0.4, -0.2) is 27.7 Å². The number of rotatable bonds is 8. The van der Waals surface area contributed by atoms with Crippen LogP contribution in [0.2, 0.25) is 0 Å². The number of nitro groups is 3. The molecule has 1 radical (unpaired) electrons. The average Bonchev–Trinajstić information content (AvgIpc) is 3.17.